The third kappa shape index (κ3) is 2.42. The number of hydrogen-bond acceptors (Lipinski definition) is 4. The SMILES string of the molecule is NC(Cc1ccc(Cl)s1)c1nc2ccccc2s1. The second-order valence-electron chi connectivity index (χ2n) is 4.04. The Balaban J connectivity index is 1.85. The number of thiazole rings is 1. The number of para-hydroxylation sites is 1. The zero-order valence-corrected chi connectivity index (χ0v) is 11.9. The predicted molar refractivity (Wildman–Crippen MR) is 79.6 cm³/mol. The molecule has 0 saturated carbocycles. The fourth-order valence-electron chi connectivity index (χ4n) is 1.81. The molecule has 1 atom stereocenters. The molecule has 2 heterocycles. The third-order valence-electron chi connectivity index (χ3n) is 2.68. The molecular formula is C13H11ClN2S2. The average molecular weight is 295 g/mol. The van der Waals surface area contributed by atoms with Gasteiger partial charge in [-0.25, -0.2) is 4.98 Å². The van der Waals surface area contributed by atoms with Crippen LogP contribution in [0.5, 0.6) is 0 Å². The Morgan fingerprint density at radius 3 is 2.72 bits per heavy atom. The lowest BCUT2D eigenvalue weighted by molar-refractivity contribution is 0.725. The molecule has 2 N–H and O–H groups in total. The van der Waals surface area contributed by atoms with Crippen LogP contribution in [-0.4, -0.2) is 4.98 Å². The van der Waals surface area contributed by atoms with Gasteiger partial charge in [-0.3, -0.25) is 0 Å². The van der Waals surface area contributed by atoms with Gasteiger partial charge in [0, 0.05) is 11.3 Å². The maximum absolute atomic E-state index is 6.21. The molecule has 18 heavy (non-hydrogen) atoms. The lowest BCUT2D eigenvalue weighted by atomic mass is 10.2. The van der Waals surface area contributed by atoms with E-state index in [2.05, 4.69) is 11.1 Å². The Bertz CT molecular complexity index is 641. The number of hydrogen-bond donors (Lipinski definition) is 1. The van der Waals surface area contributed by atoms with Gasteiger partial charge >= 0.3 is 0 Å². The number of rotatable bonds is 3. The number of halogens is 1. The minimum absolute atomic E-state index is 0.0582. The highest BCUT2D eigenvalue weighted by atomic mass is 35.5. The largest absolute Gasteiger partial charge is 0.322 e. The van der Waals surface area contributed by atoms with Crippen LogP contribution in [0.15, 0.2) is 36.4 Å². The third-order valence-corrected chi connectivity index (χ3v) is 5.10. The summed E-state index contributed by atoms with van der Waals surface area (Å²) in [5.41, 5.74) is 7.24. The fraction of sp³-hybridized carbons (Fsp3) is 0.154. The van der Waals surface area contributed by atoms with Crippen LogP contribution in [-0.2, 0) is 6.42 Å². The maximum atomic E-state index is 6.21. The quantitative estimate of drug-likeness (QED) is 0.784. The van der Waals surface area contributed by atoms with Crippen molar-refractivity contribution in [2.75, 3.05) is 0 Å². The number of thiophene rings is 1. The van der Waals surface area contributed by atoms with Crippen LogP contribution >= 0.6 is 34.3 Å². The van der Waals surface area contributed by atoms with E-state index in [4.69, 9.17) is 17.3 Å². The number of fused-ring (bicyclic) bond motifs is 1. The molecule has 0 spiro atoms. The van der Waals surface area contributed by atoms with Crippen LogP contribution < -0.4 is 5.73 Å². The molecule has 5 heteroatoms. The van der Waals surface area contributed by atoms with Gasteiger partial charge in [-0.2, -0.15) is 0 Å². The summed E-state index contributed by atoms with van der Waals surface area (Å²) >= 11 is 9.17. The summed E-state index contributed by atoms with van der Waals surface area (Å²) in [5.74, 6) is 0. The molecule has 0 radical (unpaired) electrons. The Hall–Kier alpha value is -0.940. The Morgan fingerprint density at radius 2 is 2.00 bits per heavy atom. The van der Waals surface area contributed by atoms with Crippen molar-refractivity contribution in [1.29, 1.82) is 0 Å². The molecule has 92 valence electrons. The summed E-state index contributed by atoms with van der Waals surface area (Å²) in [6.07, 6.45) is 0.789. The van der Waals surface area contributed by atoms with Gasteiger partial charge in [0.2, 0.25) is 0 Å². The van der Waals surface area contributed by atoms with E-state index in [9.17, 15) is 0 Å². The van der Waals surface area contributed by atoms with Crippen LogP contribution in [0.1, 0.15) is 15.9 Å². The van der Waals surface area contributed by atoms with Crippen LogP contribution in [0.2, 0.25) is 4.34 Å². The first-order valence-corrected chi connectivity index (χ1v) is 7.59. The first-order valence-electron chi connectivity index (χ1n) is 5.57. The molecule has 2 aromatic heterocycles. The molecular weight excluding hydrogens is 284 g/mol. The van der Waals surface area contributed by atoms with Gasteiger partial charge in [-0.1, -0.05) is 23.7 Å². The highest BCUT2D eigenvalue weighted by Gasteiger charge is 2.13. The van der Waals surface area contributed by atoms with Gasteiger partial charge in [0.05, 0.1) is 20.6 Å². The molecule has 1 unspecified atom stereocenters. The van der Waals surface area contributed by atoms with Gasteiger partial charge in [-0.15, -0.1) is 22.7 Å². The topological polar surface area (TPSA) is 38.9 Å². The first kappa shape index (κ1) is 12.1. The lowest BCUT2D eigenvalue weighted by Crippen LogP contribution is -2.12. The molecule has 3 aromatic rings. The summed E-state index contributed by atoms with van der Waals surface area (Å²) in [7, 11) is 0. The Morgan fingerprint density at radius 1 is 1.17 bits per heavy atom. The van der Waals surface area contributed by atoms with E-state index < -0.39 is 0 Å². The van der Waals surface area contributed by atoms with Crippen molar-refractivity contribution in [2.24, 2.45) is 5.73 Å². The maximum Gasteiger partial charge on any atom is 0.111 e. The standard InChI is InChI=1S/C13H11ClN2S2/c14-12-6-5-8(17-12)7-9(15)13-16-10-3-1-2-4-11(10)18-13/h1-6,9H,7,15H2. The van der Waals surface area contributed by atoms with E-state index in [1.54, 1.807) is 22.7 Å². The fourth-order valence-corrected chi connectivity index (χ4v) is 3.93. The highest BCUT2D eigenvalue weighted by molar-refractivity contribution is 7.18. The highest BCUT2D eigenvalue weighted by Crippen LogP contribution is 2.29. The van der Waals surface area contributed by atoms with Crippen molar-refractivity contribution < 1.29 is 0 Å². The molecule has 0 fully saturated rings. The summed E-state index contributed by atoms with van der Waals surface area (Å²) in [6, 6.07) is 12.0. The number of nitrogens with two attached hydrogens (primary N) is 1. The van der Waals surface area contributed by atoms with E-state index in [-0.39, 0.29) is 6.04 Å². The second kappa shape index (κ2) is 4.97. The van der Waals surface area contributed by atoms with Crippen LogP contribution in [0, 0.1) is 0 Å². The van der Waals surface area contributed by atoms with Crippen molar-refractivity contribution in [3.63, 3.8) is 0 Å². The normalized spacial score (nSPS) is 13.0. The molecule has 2 nitrogen and oxygen atoms in total. The molecule has 3 rings (SSSR count). The lowest BCUT2D eigenvalue weighted by Gasteiger charge is -2.05. The Labute approximate surface area is 118 Å². The van der Waals surface area contributed by atoms with Gasteiger partial charge in [0.1, 0.15) is 5.01 Å². The zero-order chi connectivity index (χ0) is 12.5. The number of benzene rings is 1. The summed E-state index contributed by atoms with van der Waals surface area (Å²) in [6.45, 7) is 0. The predicted octanol–water partition coefficient (Wildman–Crippen LogP) is 4.25. The van der Waals surface area contributed by atoms with Gasteiger partial charge in [0.25, 0.3) is 0 Å². The zero-order valence-electron chi connectivity index (χ0n) is 9.47. The minimum atomic E-state index is -0.0582. The van der Waals surface area contributed by atoms with Crippen molar-refractivity contribution in [2.45, 2.75) is 12.5 Å². The molecule has 1 aromatic carbocycles. The monoisotopic (exact) mass is 294 g/mol. The van der Waals surface area contributed by atoms with Gasteiger partial charge < -0.3 is 5.73 Å². The number of nitrogens with zero attached hydrogens (tertiary/aromatic N) is 1. The second-order valence-corrected chi connectivity index (χ2v) is 6.90. The molecule has 0 saturated heterocycles. The molecule has 0 aliphatic rings. The molecule has 0 aliphatic heterocycles. The minimum Gasteiger partial charge on any atom is -0.322 e. The van der Waals surface area contributed by atoms with E-state index >= 15 is 0 Å². The van der Waals surface area contributed by atoms with Gasteiger partial charge in [0.15, 0.2) is 0 Å². The number of aromatic nitrogens is 1. The summed E-state index contributed by atoms with van der Waals surface area (Å²) in [4.78, 5) is 5.78. The van der Waals surface area contributed by atoms with E-state index in [0.29, 0.717) is 0 Å². The van der Waals surface area contributed by atoms with Crippen LogP contribution in [0.3, 0.4) is 0 Å². The smallest absolute Gasteiger partial charge is 0.111 e. The van der Waals surface area contributed by atoms with E-state index in [1.807, 2.05) is 30.3 Å². The van der Waals surface area contributed by atoms with Crippen molar-refractivity contribution in [1.82, 2.24) is 4.98 Å². The Kier molecular flexibility index (Phi) is 3.35. The summed E-state index contributed by atoms with van der Waals surface area (Å²) < 4.78 is 1.99. The molecule has 0 aliphatic carbocycles. The van der Waals surface area contributed by atoms with Crippen molar-refractivity contribution >= 4 is 44.5 Å². The first-order chi connectivity index (χ1) is 8.72. The van der Waals surface area contributed by atoms with E-state index in [1.165, 1.54) is 9.58 Å². The molecule has 0 bridgehead atoms. The van der Waals surface area contributed by atoms with Crippen LogP contribution in [0.25, 0.3) is 10.2 Å². The van der Waals surface area contributed by atoms with Crippen LogP contribution in [0.4, 0.5) is 0 Å². The van der Waals surface area contributed by atoms with Gasteiger partial charge in [-0.05, 0) is 24.3 Å². The van der Waals surface area contributed by atoms with E-state index in [0.717, 1.165) is 21.3 Å². The average Bonchev–Trinajstić information content (AvgIpc) is 2.95. The molecule has 0 amide bonds. The van der Waals surface area contributed by atoms with Crippen molar-refractivity contribution in [3.8, 4) is 0 Å². The summed E-state index contributed by atoms with van der Waals surface area (Å²) in [5, 5.41) is 0.987. The van der Waals surface area contributed by atoms with Crippen molar-refractivity contribution in [3.05, 3.63) is 50.6 Å².